The van der Waals surface area contributed by atoms with Crippen LogP contribution in [-0.4, -0.2) is 46.1 Å². The van der Waals surface area contributed by atoms with E-state index in [0.717, 1.165) is 30.4 Å². The molecule has 1 fully saturated rings. The topological polar surface area (TPSA) is 90.8 Å². The quantitative estimate of drug-likeness (QED) is 0.867. The molecule has 1 aromatic heterocycles. The number of nitrogens with one attached hydrogen (secondary N) is 1. The average molecular weight is 390 g/mol. The first-order valence-electron chi connectivity index (χ1n) is 10.0. The highest BCUT2D eigenvalue weighted by Gasteiger charge is 2.35. The molecule has 1 atom stereocenters. The van der Waals surface area contributed by atoms with E-state index in [-0.39, 0.29) is 23.8 Å². The number of aromatic nitrogens is 2. The van der Waals surface area contributed by atoms with Gasteiger partial charge < -0.3 is 10.2 Å². The molecule has 148 valence electrons. The summed E-state index contributed by atoms with van der Waals surface area (Å²) in [5.74, 6) is 1.21. The van der Waals surface area contributed by atoms with Crippen molar-refractivity contribution in [2.45, 2.75) is 31.7 Å². The van der Waals surface area contributed by atoms with E-state index < -0.39 is 0 Å². The SMILES string of the molecule is O=C1Cc2cnc(N3CCC(C(=O)N4N=CC[C@H]4c4ccccc4)CC3)nc2N1. The highest BCUT2D eigenvalue weighted by molar-refractivity contribution is 5.97. The second kappa shape index (κ2) is 7.27. The van der Waals surface area contributed by atoms with E-state index in [4.69, 9.17) is 0 Å². The lowest BCUT2D eigenvalue weighted by molar-refractivity contribution is -0.138. The van der Waals surface area contributed by atoms with Gasteiger partial charge in [-0.25, -0.2) is 9.99 Å². The maximum absolute atomic E-state index is 13.1. The number of carbonyl (C=O) groups excluding carboxylic acids is 2. The van der Waals surface area contributed by atoms with Gasteiger partial charge in [0.05, 0.1) is 12.5 Å². The fraction of sp³-hybridized carbons (Fsp3) is 0.381. The molecule has 0 bridgehead atoms. The molecule has 0 radical (unpaired) electrons. The minimum atomic E-state index is -0.0538. The number of benzene rings is 1. The van der Waals surface area contributed by atoms with Crippen LogP contribution in [0.15, 0.2) is 41.6 Å². The number of hydrogen-bond acceptors (Lipinski definition) is 6. The summed E-state index contributed by atoms with van der Waals surface area (Å²) in [6.45, 7) is 1.41. The van der Waals surface area contributed by atoms with Crippen LogP contribution in [0.1, 0.15) is 36.4 Å². The van der Waals surface area contributed by atoms with Crippen LogP contribution >= 0.6 is 0 Å². The average Bonchev–Trinajstić information content (AvgIpc) is 3.39. The van der Waals surface area contributed by atoms with E-state index in [1.54, 1.807) is 11.2 Å². The Labute approximate surface area is 168 Å². The molecule has 0 spiro atoms. The Bertz CT molecular complexity index is 968. The zero-order valence-corrected chi connectivity index (χ0v) is 16.0. The number of anilines is 2. The van der Waals surface area contributed by atoms with Gasteiger partial charge in [-0.15, -0.1) is 0 Å². The zero-order chi connectivity index (χ0) is 19.8. The van der Waals surface area contributed by atoms with Gasteiger partial charge in [0.2, 0.25) is 17.8 Å². The number of nitrogens with zero attached hydrogens (tertiary/aromatic N) is 5. The van der Waals surface area contributed by atoms with Gasteiger partial charge >= 0.3 is 0 Å². The summed E-state index contributed by atoms with van der Waals surface area (Å²) in [5.41, 5.74) is 1.95. The molecule has 1 N–H and O–H groups in total. The molecule has 29 heavy (non-hydrogen) atoms. The van der Waals surface area contributed by atoms with Gasteiger partial charge in [-0.3, -0.25) is 9.59 Å². The molecule has 8 heteroatoms. The van der Waals surface area contributed by atoms with Crippen molar-refractivity contribution in [1.29, 1.82) is 0 Å². The third-order valence-electron chi connectivity index (χ3n) is 5.83. The van der Waals surface area contributed by atoms with Crippen molar-refractivity contribution in [2.75, 3.05) is 23.3 Å². The molecule has 2 amide bonds. The Hall–Kier alpha value is -3.29. The van der Waals surface area contributed by atoms with Crippen LogP contribution in [0.4, 0.5) is 11.8 Å². The number of hydrogen-bond donors (Lipinski definition) is 1. The molecule has 0 aliphatic carbocycles. The minimum absolute atomic E-state index is 0.00890. The van der Waals surface area contributed by atoms with E-state index in [2.05, 4.69) is 25.3 Å². The summed E-state index contributed by atoms with van der Waals surface area (Å²) in [6, 6.07) is 10.1. The van der Waals surface area contributed by atoms with E-state index in [9.17, 15) is 9.59 Å². The monoisotopic (exact) mass is 390 g/mol. The first-order chi connectivity index (χ1) is 14.2. The van der Waals surface area contributed by atoms with Crippen molar-refractivity contribution < 1.29 is 9.59 Å². The van der Waals surface area contributed by atoms with Crippen LogP contribution in [0.5, 0.6) is 0 Å². The molecule has 0 unspecified atom stereocenters. The van der Waals surface area contributed by atoms with Crippen molar-refractivity contribution in [3.8, 4) is 0 Å². The van der Waals surface area contributed by atoms with Gasteiger partial charge in [0.15, 0.2) is 0 Å². The van der Waals surface area contributed by atoms with Gasteiger partial charge in [-0.1, -0.05) is 30.3 Å². The minimum Gasteiger partial charge on any atom is -0.341 e. The molecule has 5 rings (SSSR count). The molecular weight excluding hydrogens is 368 g/mol. The standard InChI is InChI=1S/C21H22N6O2/c28-18-12-16-13-22-21(25-19(16)24-18)26-10-7-15(8-11-26)20(29)27-17(6-9-23-27)14-4-2-1-3-5-14/h1-5,9,13,15,17H,6-8,10-12H2,(H,22,24,25,28)/t17-/m0/s1. The van der Waals surface area contributed by atoms with Crippen LogP contribution in [0, 0.1) is 5.92 Å². The smallest absolute Gasteiger partial charge is 0.246 e. The zero-order valence-electron chi connectivity index (χ0n) is 16.0. The number of amides is 2. The first-order valence-corrected chi connectivity index (χ1v) is 10.0. The van der Waals surface area contributed by atoms with Crippen LogP contribution in [0.2, 0.25) is 0 Å². The van der Waals surface area contributed by atoms with E-state index in [1.165, 1.54) is 0 Å². The summed E-state index contributed by atoms with van der Waals surface area (Å²) >= 11 is 0. The van der Waals surface area contributed by atoms with Crippen molar-refractivity contribution in [1.82, 2.24) is 15.0 Å². The summed E-state index contributed by atoms with van der Waals surface area (Å²) in [6.07, 6.45) is 6.11. The second-order valence-corrected chi connectivity index (χ2v) is 7.67. The predicted molar refractivity (Wildman–Crippen MR) is 108 cm³/mol. The third kappa shape index (κ3) is 3.35. The van der Waals surface area contributed by atoms with Crippen LogP contribution in [0.25, 0.3) is 0 Å². The number of hydrazone groups is 1. The number of fused-ring (bicyclic) bond motifs is 1. The molecule has 4 heterocycles. The largest absolute Gasteiger partial charge is 0.341 e. The number of carbonyl (C=O) groups is 2. The maximum Gasteiger partial charge on any atom is 0.246 e. The van der Waals surface area contributed by atoms with Gasteiger partial charge in [-0.05, 0) is 18.4 Å². The third-order valence-corrected chi connectivity index (χ3v) is 5.83. The normalized spacial score (nSPS) is 21.4. The van der Waals surface area contributed by atoms with Crippen molar-refractivity contribution in [2.24, 2.45) is 11.0 Å². The van der Waals surface area contributed by atoms with Crippen molar-refractivity contribution in [3.05, 3.63) is 47.7 Å². The Morgan fingerprint density at radius 3 is 2.72 bits per heavy atom. The number of rotatable bonds is 3. The predicted octanol–water partition coefficient (Wildman–Crippen LogP) is 2.15. The van der Waals surface area contributed by atoms with Crippen molar-refractivity contribution in [3.63, 3.8) is 0 Å². The van der Waals surface area contributed by atoms with E-state index in [0.29, 0.717) is 31.3 Å². The van der Waals surface area contributed by atoms with Gasteiger partial charge in [0, 0.05) is 43.4 Å². The molecule has 0 saturated carbocycles. The van der Waals surface area contributed by atoms with Crippen molar-refractivity contribution >= 4 is 29.8 Å². The second-order valence-electron chi connectivity index (χ2n) is 7.67. The fourth-order valence-electron chi connectivity index (χ4n) is 4.23. The van der Waals surface area contributed by atoms with Crippen LogP contribution in [0.3, 0.4) is 0 Å². The molecule has 3 aliphatic rings. The number of piperidine rings is 1. The summed E-state index contributed by atoms with van der Waals surface area (Å²) in [7, 11) is 0. The highest BCUT2D eigenvalue weighted by Crippen LogP contribution is 2.32. The Morgan fingerprint density at radius 2 is 1.93 bits per heavy atom. The van der Waals surface area contributed by atoms with Gasteiger partial charge in [0.25, 0.3) is 0 Å². The Balaban J connectivity index is 1.24. The summed E-state index contributed by atoms with van der Waals surface area (Å²) in [5, 5.41) is 8.80. The molecule has 1 saturated heterocycles. The summed E-state index contributed by atoms with van der Waals surface area (Å²) < 4.78 is 0. The van der Waals surface area contributed by atoms with E-state index >= 15 is 0 Å². The highest BCUT2D eigenvalue weighted by atomic mass is 16.2. The lowest BCUT2D eigenvalue weighted by Gasteiger charge is -2.33. The van der Waals surface area contributed by atoms with Gasteiger partial charge in [0.1, 0.15) is 5.82 Å². The molecule has 8 nitrogen and oxygen atoms in total. The molecule has 2 aromatic rings. The maximum atomic E-state index is 13.1. The lowest BCUT2D eigenvalue weighted by Crippen LogP contribution is -2.41. The van der Waals surface area contributed by atoms with Crippen LogP contribution < -0.4 is 10.2 Å². The van der Waals surface area contributed by atoms with Crippen LogP contribution in [-0.2, 0) is 16.0 Å². The molecule has 1 aromatic carbocycles. The first kappa shape index (κ1) is 17.8. The lowest BCUT2D eigenvalue weighted by atomic mass is 9.94. The molecule has 3 aliphatic heterocycles. The fourth-order valence-corrected chi connectivity index (χ4v) is 4.23. The Morgan fingerprint density at radius 1 is 1.14 bits per heavy atom. The van der Waals surface area contributed by atoms with Gasteiger partial charge in [-0.2, -0.15) is 10.1 Å². The Kier molecular flexibility index (Phi) is 4.46. The molecular formula is C21H22N6O2. The van der Waals surface area contributed by atoms with E-state index in [1.807, 2.05) is 36.5 Å². The summed E-state index contributed by atoms with van der Waals surface area (Å²) in [4.78, 5) is 35.6.